The van der Waals surface area contributed by atoms with E-state index in [1.54, 1.807) is 0 Å². The Kier molecular flexibility index (Phi) is 3.93. The van der Waals surface area contributed by atoms with E-state index in [4.69, 9.17) is 0 Å². The summed E-state index contributed by atoms with van der Waals surface area (Å²) in [7, 11) is 0.220. The van der Waals surface area contributed by atoms with Gasteiger partial charge in [-0.05, 0) is 82.6 Å². The molecule has 4 aliphatic rings. The van der Waals surface area contributed by atoms with E-state index < -0.39 is 0 Å². The average molecular weight is 358 g/mol. The summed E-state index contributed by atoms with van der Waals surface area (Å²) in [6, 6.07) is 9.86. The fraction of sp³-hybridized carbons (Fsp3) is 0.727. The zero-order chi connectivity index (χ0) is 16.6. The lowest BCUT2D eigenvalue weighted by Gasteiger charge is -2.27. The second kappa shape index (κ2) is 5.79. The molecule has 4 heterocycles. The number of fused-ring (bicyclic) bond motifs is 4. The topological polar surface area (TPSA) is 0 Å². The van der Waals surface area contributed by atoms with Gasteiger partial charge in [0.25, 0.3) is 0 Å². The highest BCUT2D eigenvalue weighted by atomic mass is 31.1. The third-order valence-corrected chi connectivity index (χ3v) is 15.8. The van der Waals surface area contributed by atoms with Gasteiger partial charge in [-0.2, -0.15) is 0 Å². The van der Waals surface area contributed by atoms with E-state index in [9.17, 15) is 0 Å². The van der Waals surface area contributed by atoms with Crippen molar-refractivity contribution in [1.82, 2.24) is 0 Å². The first-order valence-corrected chi connectivity index (χ1v) is 13.2. The number of benzene rings is 1. The molecule has 0 amide bonds. The highest BCUT2D eigenvalue weighted by Gasteiger charge is 2.54. The van der Waals surface area contributed by atoms with E-state index in [0.29, 0.717) is 0 Å². The molecule has 0 nitrogen and oxygen atoms in total. The van der Waals surface area contributed by atoms with Gasteiger partial charge in [-0.15, -0.1) is 0 Å². The number of rotatable bonds is 2. The molecule has 5 rings (SSSR count). The predicted molar refractivity (Wildman–Crippen MR) is 110 cm³/mol. The molecule has 4 saturated heterocycles. The van der Waals surface area contributed by atoms with Gasteiger partial charge in [0.1, 0.15) is 0 Å². The van der Waals surface area contributed by atoms with E-state index in [0.717, 1.165) is 46.3 Å². The van der Waals surface area contributed by atoms with Crippen LogP contribution in [-0.4, -0.2) is 22.6 Å². The van der Waals surface area contributed by atoms with Gasteiger partial charge in [0.2, 0.25) is 0 Å². The molecule has 130 valence electrons. The average Bonchev–Trinajstić information content (AvgIpc) is 3.24. The monoisotopic (exact) mass is 358 g/mol. The summed E-state index contributed by atoms with van der Waals surface area (Å²) in [6.07, 6.45) is 6.07. The molecule has 9 atom stereocenters. The summed E-state index contributed by atoms with van der Waals surface area (Å²) in [6.45, 7) is 10.2. The minimum atomic E-state index is 0.110. The summed E-state index contributed by atoms with van der Waals surface area (Å²) < 4.78 is 0. The molecule has 1 aromatic rings. The second-order valence-electron chi connectivity index (χ2n) is 9.42. The van der Waals surface area contributed by atoms with Crippen LogP contribution in [0, 0.1) is 23.7 Å². The molecule has 0 aromatic heterocycles. The van der Waals surface area contributed by atoms with Crippen LogP contribution >= 0.6 is 15.8 Å². The lowest BCUT2D eigenvalue weighted by Crippen LogP contribution is -2.27. The van der Waals surface area contributed by atoms with Gasteiger partial charge in [-0.25, -0.2) is 0 Å². The van der Waals surface area contributed by atoms with Crippen LogP contribution in [-0.2, 0) is 0 Å². The quantitative estimate of drug-likeness (QED) is 0.610. The van der Waals surface area contributed by atoms with Gasteiger partial charge in [-0.3, -0.25) is 0 Å². The summed E-state index contributed by atoms with van der Waals surface area (Å²) in [4.78, 5) is 0. The standard InChI is InChI=1S/C22H32P2/c1-13-9-20-14(2)10-19(13)23(20)17-7-5-6-8-18(17)24-21-12-16(4)22(24)11-15(21)3/h5-8,13-16,19-22H,9-12H2,1-4H3/t13-,14-,15-,16?,19?,20?,21?,22?,23?,24?/m0/s1. The Morgan fingerprint density at radius 2 is 0.875 bits per heavy atom. The van der Waals surface area contributed by atoms with Crippen molar-refractivity contribution in [3.05, 3.63) is 24.3 Å². The van der Waals surface area contributed by atoms with E-state index in [2.05, 4.69) is 52.0 Å². The van der Waals surface area contributed by atoms with Crippen molar-refractivity contribution in [3.63, 3.8) is 0 Å². The lowest BCUT2D eigenvalue weighted by molar-refractivity contribution is 0.365. The molecule has 4 bridgehead atoms. The van der Waals surface area contributed by atoms with Crippen LogP contribution in [0.3, 0.4) is 0 Å². The fourth-order valence-electron chi connectivity index (χ4n) is 6.74. The van der Waals surface area contributed by atoms with E-state index in [-0.39, 0.29) is 15.8 Å². The van der Waals surface area contributed by atoms with Gasteiger partial charge < -0.3 is 0 Å². The highest BCUT2D eigenvalue weighted by molar-refractivity contribution is 7.74. The minimum absolute atomic E-state index is 0.110. The highest BCUT2D eigenvalue weighted by Crippen LogP contribution is 2.70. The molecule has 0 N–H and O–H groups in total. The maximum Gasteiger partial charge on any atom is -0.0137 e. The van der Waals surface area contributed by atoms with Crippen LogP contribution < -0.4 is 10.6 Å². The third kappa shape index (κ3) is 2.18. The molecule has 0 aliphatic carbocycles. The summed E-state index contributed by atoms with van der Waals surface area (Å²) in [5.41, 5.74) is 4.13. The molecule has 4 aliphatic heterocycles. The lowest BCUT2D eigenvalue weighted by atomic mass is 9.84. The van der Waals surface area contributed by atoms with Crippen molar-refractivity contribution >= 4 is 26.5 Å². The van der Waals surface area contributed by atoms with Crippen molar-refractivity contribution in [2.24, 2.45) is 23.7 Å². The first kappa shape index (κ1) is 16.3. The van der Waals surface area contributed by atoms with Crippen molar-refractivity contribution in [1.29, 1.82) is 0 Å². The molecular formula is C22H32P2. The van der Waals surface area contributed by atoms with Crippen molar-refractivity contribution in [3.8, 4) is 0 Å². The summed E-state index contributed by atoms with van der Waals surface area (Å²) in [5, 5.41) is 3.75. The molecule has 24 heavy (non-hydrogen) atoms. The van der Waals surface area contributed by atoms with Crippen molar-refractivity contribution in [2.75, 3.05) is 0 Å². The Balaban J connectivity index is 1.56. The molecular weight excluding hydrogens is 326 g/mol. The van der Waals surface area contributed by atoms with Crippen molar-refractivity contribution < 1.29 is 0 Å². The van der Waals surface area contributed by atoms with Gasteiger partial charge >= 0.3 is 0 Å². The molecule has 0 saturated carbocycles. The third-order valence-electron chi connectivity index (χ3n) is 7.95. The van der Waals surface area contributed by atoms with Crippen LogP contribution in [0.5, 0.6) is 0 Å². The summed E-state index contributed by atoms with van der Waals surface area (Å²) >= 11 is 0. The van der Waals surface area contributed by atoms with Crippen LogP contribution in [0.4, 0.5) is 0 Å². The Bertz CT molecular complexity index is 554. The Hall–Kier alpha value is 0.0800. The molecule has 6 unspecified atom stereocenters. The second-order valence-corrected chi connectivity index (χ2v) is 14.7. The minimum Gasteiger partial charge on any atom is -0.0677 e. The zero-order valence-corrected chi connectivity index (χ0v) is 17.4. The maximum atomic E-state index is 2.58. The fourth-order valence-corrected chi connectivity index (χ4v) is 16.0. The first-order valence-electron chi connectivity index (χ1n) is 10.2. The smallest absolute Gasteiger partial charge is 0.0137 e. The molecule has 0 spiro atoms. The Morgan fingerprint density at radius 3 is 1.17 bits per heavy atom. The van der Waals surface area contributed by atoms with Crippen molar-refractivity contribution in [2.45, 2.75) is 76.0 Å². The van der Waals surface area contributed by atoms with E-state index in [1.807, 2.05) is 10.6 Å². The molecule has 0 radical (unpaired) electrons. The Morgan fingerprint density at radius 1 is 0.583 bits per heavy atom. The van der Waals surface area contributed by atoms with Crippen LogP contribution in [0.1, 0.15) is 53.4 Å². The SMILES string of the molecule is CC1CC2[C@@H](C)CC1P2c1ccccc1P1C2C[C@H](C)C1C[C@@H]2C. The van der Waals surface area contributed by atoms with Gasteiger partial charge in [-0.1, -0.05) is 67.8 Å². The molecule has 1 aromatic carbocycles. The van der Waals surface area contributed by atoms with Gasteiger partial charge in [0.15, 0.2) is 0 Å². The van der Waals surface area contributed by atoms with Crippen LogP contribution in [0.15, 0.2) is 24.3 Å². The van der Waals surface area contributed by atoms with Gasteiger partial charge in [0.05, 0.1) is 0 Å². The molecule has 4 fully saturated rings. The van der Waals surface area contributed by atoms with E-state index >= 15 is 0 Å². The maximum absolute atomic E-state index is 2.58. The van der Waals surface area contributed by atoms with E-state index in [1.165, 1.54) is 25.7 Å². The van der Waals surface area contributed by atoms with Crippen LogP contribution in [0.25, 0.3) is 0 Å². The zero-order valence-electron chi connectivity index (χ0n) is 15.7. The number of hydrogen-bond donors (Lipinski definition) is 0. The van der Waals surface area contributed by atoms with Gasteiger partial charge in [0, 0.05) is 0 Å². The molecule has 2 heteroatoms. The predicted octanol–water partition coefficient (Wildman–Crippen LogP) is 5.53. The number of hydrogen-bond acceptors (Lipinski definition) is 0. The van der Waals surface area contributed by atoms with Crippen LogP contribution in [0.2, 0.25) is 0 Å². The normalized spacial score (nSPS) is 52.3. The largest absolute Gasteiger partial charge is 0.0677 e. The Labute approximate surface area is 150 Å². The summed E-state index contributed by atoms with van der Waals surface area (Å²) in [5.74, 6) is 3.93. The first-order chi connectivity index (χ1) is 11.6.